The van der Waals surface area contributed by atoms with Crippen LogP contribution in [-0.4, -0.2) is 32.3 Å². The molecule has 3 rings (SSSR count). The first-order valence-corrected chi connectivity index (χ1v) is 7.86. The van der Waals surface area contributed by atoms with Gasteiger partial charge in [0.2, 0.25) is 5.91 Å². The molecule has 2 aromatic rings. The third-order valence-electron chi connectivity index (χ3n) is 3.56. The zero-order chi connectivity index (χ0) is 14.7. The lowest BCUT2D eigenvalue weighted by molar-refractivity contribution is -0.133. The van der Waals surface area contributed by atoms with E-state index in [1.165, 1.54) is 12.8 Å². The van der Waals surface area contributed by atoms with Crippen molar-refractivity contribution in [2.24, 2.45) is 5.92 Å². The first-order chi connectivity index (χ1) is 10.2. The Hall–Kier alpha value is -1.69. The Balaban J connectivity index is 1.69. The van der Waals surface area contributed by atoms with Gasteiger partial charge in [0, 0.05) is 23.8 Å². The Labute approximate surface area is 132 Å². The van der Waals surface area contributed by atoms with Crippen molar-refractivity contribution in [2.45, 2.75) is 25.9 Å². The molecule has 1 aromatic carbocycles. The zero-order valence-corrected chi connectivity index (χ0v) is 13.2. The molecule has 1 fully saturated rings. The summed E-state index contributed by atoms with van der Waals surface area (Å²) in [5, 5.41) is 7.61. The number of hydrogen-bond donors (Lipinski definition) is 0. The van der Waals surface area contributed by atoms with Crippen LogP contribution in [0.4, 0.5) is 0 Å². The summed E-state index contributed by atoms with van der Waals surface area (Å²) in [4.78, 5) is 14.4. The van der Waals surface area contributed by atoms with Crippen LogP contribution in [-0.2, 0) is 17.9 Å². The standard InChI is InChI=1S/C15H17BrN4O/c16-14-3-1-2-13(8-14)10-19(9-12-4-5-12)15(21)11-20-7-6-17-18-20/h1-3,6-8,12H,4-5,9-11H2. The molecule has 0 spiro atoms. The van der Waals surface area contributed by atoms with Crippen molar-refractivity contribution in [3.63, 3.8) is 0 Å². The van der Waals surface area contributed by atoms with Crippen LogP contribution in [0, 0.1) is 5.92 Å². The van der Waals surface area contributed by atoms with Crippen LogP contribution in [0.3, 0.4) is 0 Å². The topological polar surface area (TPSA) is 51.0 Å². The Morgan fingerprint density at radius 3 is 2.95 bits per heavy atom. The van der Waals surface area contributed by atoms with Crippen molar-refractivity contribution in [2.75, 3.05) is 6.54 Å². The minimum Gasteiger partial charge on any atom is -0.336 e. The van der Waals surface area contributed by atoms with Gasteiger partial charge < -0.3 is 4.90 Å². The number of carbonyl (C=O) groups is 1. The predicted molar refractivity (Wildman–Crippen MR) is 82.3 cm³/mol. The molecule has 0 unspecified atom stereocenters. The molecule has 0 N–H and O–H groups in total. The van der Waals surface area contributed by atoms with Gasteiger partial charge in [-0.05, 0) is 36.5 Å². The van der Waals surface area contributed by atoms with Crippen LogP contribution in [0.15, 0.2) is 41.1 Å². The zero-order valence-electron chi connectivity index (χ0n) is 11.7. The van der Waals surface area contributed by atoms with Crippen molar-refractivity contribution < 1.29 is 4.79 Å². The highest BCUT2D eigenvalue weighted by atomic mass is 79.9. The molecule has 1 saturated carbocycles. The molecule has 110 valence electrons. The van der Waals surface area contributed by atoms with Crippen molar-refractivity contribution in [1.82, 2.24) is 19.9 Å². The van der Waals surface area contributed by atoms with Crippen LogP contribution in [0.1, 0.15) is 18.4 Å². The molecule has 0 radical (unpaired) electrons. The maximum absolute atomic E-state index is 12.5. The number of benzene rings is 1. The molecular weight excluding hydrogens is 332 g/mol. The smallest absolute Gasteiger partial charge is 0.244 e. The quantitative estimate of drug-likeness (QED) is 0.805. The van der Waals surface area contributed by atoms with Gasteiger partial charge in [-0.15, -0.1) is 5.10 Å². The average molecular weight is 349 g/mol. The van der Waals surface area contributed by atoms with E-state index >= 15 is 0 Å². The van der Waals surface area contributed by atoms with Crippen molar-refractivity contribution in [1.29, 1.82) is 0 Å². The molecule has 0 aliphatic heterocycles. The minimum atomic E-state index is 0.0902. The lowest BCUT2D eigenvalue weighted by atomic mass is 10.2. The number of carbonyl (C=O) groups excluding carboxylic acids is 1. The summed E-state index contributed by atoms with van der Waals surface area (Å²) in [6.07, 6.45) is 5.76. The van der Waals surface area contributed by atoms with Crippen LogP contribution >= 0.6 is 15.9 Å². The number of nitrogens with zero attached hydrogens (tertiary/aromatic N) is 4. The average Bonchev–Trinajstić information content (AvgIpc) is 3.13. The van der Waals surface area contributed by atoms with Crippen molar-refractivity contribution >= 4 is 21.8 Å². The van der Waals surface area contributed by atoms with E-state index in [-0.39, 0.29) is 12.5 Å². The third-order valence-corrected chi connectivity index (χ3v) is 4.05. The fourth-order valence-electron chi connectivity index (χ4n) is 2.28. The summed E-state index contributed by atoms with van der Waals surface area (Å²) in [6.45, 7) is 1.73. The molecule has 21 heavy (non-hydrogen) atoms. The van der Waals surface area contributed by atoms with Gasteiger partial charge in [-0.3, -0.25) is 4.79 Å². The van der Waals surface area contributed by atoms with Gasteiger partial charge in [0.25, 0.3) is 0 Å². The summed E-state index contributed by atoms with van der Waals surface area (Å²) < 4.78 is 2.61. The second-order valence-corrected chi connectivity index (χ2v) is 6.36. The van der Waals surface area contributed by atoms with Crippen LogP contribution in [0.2, 0.25) is 0 Å². The fourth-order valence-corrected chi connectivity index (χ4v) is 2.72. The monoisotopic (exact) mass is 348 g/mol. The first kappa shape index (κ1) is 14.3. The van der Waals surface area contributed by atoms with E-state index in [0.717, 1.165) is 16.6 Å². The molecule has 0 bridgehead atoms. The maximum atomic E-state index is 12.5. The normalized spacial score (nSPS) is 14.1. The highest BCUT2D eigenvalue weighted by Gasteiger charge is 2.27. The van der Waals surface area contributed by atoms with Gasteiger partial charge >= 0.3 is 0 Å². The summed E-state index contributed by atoms with van der Waals surface area (Å²) in [5.41, 5.74) is 1.14. The number of halogens is 1. The first-order valence-electron chi connectivity index (χ1n) is 7.07. The van der Waals surface area contributed by atoms with Gasteiger partial charge in [0.1, 0.15) is 6.54 Å². The van der Waals surface area contributed by atoms with Crippen LogP contribution in [0.5, 0.6) is 0 Å². The lowest BCUT2D eigenvalue weighted by Gasteiger charge is -2.23. The van der Waals surface area contributed by atoms with E-state index in [0.29, 0.717) is 12.5 Å². The molecule has 1 aliphatic rings. The van der Waals surface area contributed by atoms with Gasteiger partial charge in [-0.1, -0.05) is 33.3 Å². The number of aromatic nitrogens is 3. The number of rotatable bonds is 6. The Bertz CT molecular complexity index is 610. The molecule has 6 heteroatoms. The van der Waals surface area contributed by atoms with Gasteiger partial charge in [0.05, 0.1) is 6.20 Å². The van der Waals surface area contributed by atoms with Gasteiger partial charge in [-0.2, -0.15) is 0 Å². The summed E-state index contributed by atoms with van der Waals surface area (Å²) in [6, 6.07) is 8.10. The van der Waals surface area contributed by atoms with Crippen molar-refractivity contribution in [3.8, 4) is 0 Å². The predicted octanol–water partition coefficient (Wildman–Crippen LogP) is 2.48. The second kappa shape index (κ2) is 6.39. The summed E-state index contributed by atoms with van der Waals surface area (Å²) in [5.74, 6) is 0.754. The van der Waals surface area contributed by atoms with E-state index in [2.05, 4.69) is 32.3 Å². The Kier molecular flexibility index (Phi) is 4.34. The van der Waals surface area contributed by atoms with E-state index in [1.54, 1.807) is 17.1 Å². The molecule has 0 atom stereocenters. The fraction of sp³-hybridized carbons (Fsp3) is 0.400. The van der Waals surface area contributed by atoms with Crippen molar-refractivity contribution in [3.05, 3.63) is 46.7 Å². The SMILES string of the molecule is O=C(Cn1ccnn1)N(Cc1cccc(Br)c1)CC1CC1. The van der Waals surface area contributed by atoms with E-state index in [1.807, 2.05) is 23.1 Å². The number of amides is 1. The molecule has 1 aromatic heterocycles. The Morgan fingerprint density at radius 1 is 1.43 bits per heavy atom. The largest absolute Gasteiger partial charge is 0.336 e. The van der Waals surface area contributed by atoms with Crippen LogP contribution in [0.25, 0.3) is 0 Å². The van der Waals surface area contributed by atoms with Crippen LogP contribution < -0.4 is 0 Å². The maximum Gasteiger partial charge on any atom is 0.244 e. The molecule has 1 aliphatic carbocycles. The highest BCUT2D eigenvalue weighted by molar-refractivity contribution is 9.10. The number of hydrogen-bond acceptors (Lipinski definition) is 3. The molecule has 1 amide bonds. The van der Waals surface area contributed by atoms with E-state index < -0.39 is 0 Å². The summed E-state index contributed by atoms with van der Waals surface area (Å²) >= 11 is 3.48. The molecule has 0 saturated heterocycles. The minimum absolute atomic E-state index is 0.0902. The molecular formula is C15H17BrN4O. The van der Waals surface area contributed by atoms with Gasteiger partial charge in [-0.25, -0.2) is 4.68 Å². The third kappa shape index (κ3) is 4.14. The molecule has 5 nitrogen and oxygen atoms in total. The van der Waals surface area contributed by atoms with Gasteiger partial charge in [0.15, 0.2) is 0 Å². The molecule has 1 heterocycles. The van der Waals surface area contributed by atoms with E-state index in [9.17, 15) is 4.79 Å². The highest BCUT2D eigenvalue weighted by Crippen LogP contribution is 2.30. The van der Waals surface area contributed by atoms with E-state index in [4.69, 9.17) is 0 Å². The summed E-state index contributed by atoms with van der Waals surface area (Å²) in [7, 11) is 0. The second-order valence-electron chi connectivity index (χ2n) is 5.45. The Morgan fingerprint density at radius 2 is 2.29 bits per heavy atom. The lowest BCUT2D eigenvalue weighted by Crippen LogP contribution is -2.35.